The number of rotatable bonds is 8. The van der Waals surface area contributed by atoms with E-state index in [1.54, 1.807) is 23.9 Å². The lowest BCUT2D eigenvalue weighted by molar-refractivity contribution is 0.339. The molecule has 0 atom stereocenters. The zero-order valence-electron chi connectivity index (χ0n) is 12.6. The lowest BCUT2D eigenvalue weighted by Crippen LogP contribution is -2.04. The third-order valence-corrected chi connectivity index (χ3v) is 3.88. The highest BCUT2D eigenvalue weighted by Crippen LogP contribution is 2.14. The highest BCUT2D eigenvalue weighted by molar-refractivity contribution is 7.99. The van der Waals surface area contributed by atoms with Gasteiger partial charge in [-0.25, -0.2) is 0 Å². The molecule has 22 heavy (non-hydrogen) atoms. The summed E-state index contributed by atoms with van der Waals surface area (Å²) in [6.45, 7) is 3.41. The fourth-order valence-electron chi connectivity index (χ4n) is 1.87. The van der Waals surface area contributed by atoms with E-state index in [2.05, 4.69) is 19.1 Å². The van der Waals surface area contributed by atoms with Gasteiger partial charge in [0, 0.05) is 11.5 Å². The molecular weight excluding hydrogens is 294 g/mol. The standard InChI is InChI=1S/C18H19NO2S/c1-15-3-2-4-18(13-15)21-10-12-22-11-9-20-17-7-5-16(14-19)6-8-17/h2-8,13H,9-12H2,1H3. The van der Waals surface area contributed by atoms with E-state index in [4.69, 9.17) is 14.7 Å². The Morgan fingerprint density at radius 1 is 0.955 bits per heavy atom. The van der Waals surface area contributed by atoms with Crippen molar-refractivity contribution in [1.82, 2.24) is 0 Å². The van der Waals surface area contributed by atoms with Gasteiger partial charge in [-0.3, -0.25) is 0 Å². The first-order chi connectivity index (χ1) is 10.8. The van der Waals surface area contributed by atoms with Crippen LogP contribution in [0.4, 0.5) is 0 Å². The minimum absolute atomic E-state index is 0.648. The van der Waals surface area contributed by atoms with Gasteiger partial charge in [0.15, 0.2) is 0 Å². The Morgan fingerprint density at radius 2 is 1.64 bits per heavy atom. The molecular formula is C18H19NO2S. The van der Waals surface area contributed by atoms with E-state index in [-0.39, 0.29) is 0 Å². The first kappa shape index (κ1) is 16.3. The van der Waals surface area contributed by atoms with Crippen LogP contribution < -0.4 is 9.47 Å². The van der Waals surface area contributed by atoms with E-state index in [0.717, 1.165) is 23.0 Å². The topological polar surface area (TPSA) is 42.2 Å². The van der Waals surface area contributed by atoms with Crippen molar-refractivity contribution in [3.8, 4) is 17.6 Å². The predicted octanol–water partition coefficient (Wildman–Crippen LogP) is 4.06. The molecule has 0 aromatic heterocycles. The normalized spacial score (nSPS) is 10.0. The van der Waals surface area contributed by atoms with Crippen LogP contribution in [0.1, 0.15) is 11.1 Å². The molecule has 2 aromatic rings. The van der Waals surface area contributed by atoms with E-state index in [1.807, 2.05) is 30.3 Å². The largest absolute Gasteiger partial charge is 0.493 e. The van der Waals surface area contributed by atoms with Gasteiger partial charge in [-0.05, 0) is 48.9 Å². The van der Waals surface area contributed by atoms with Crippen molar-refractivity contribution in [2.45, 2.75) is 6.92 Å². The lowest BCUT2D eigenvalue weighted by atomic mass is 10.2. The van der Waals surface area contributed by atoms with Gasteiger partial charge in [0.1, 0.15) is 11.5 Å². The molecule has 114 valence electrons. The van der Waals surface area contributed by atoms with Crippen molar-refractivity contribution in [2.24, 2.45) is 0 Å². The second kappa shape index (κ2) is 9.01. The summed E-state index contributed by atoms with van der Waals surface area (Å²) in [5.74, 6) is 3.58. The summed E-state index contributed by atoms with van der Waals surface area (Å²) in [5.41, 5.74) is 1.86. The van der Waals surface area contributed by atoms with Gasteiger partial charge >= 0.3 is 0 Å². The molecule has 0 saturated carbocycles. The number of hydrogen-bond acceptors (Lipinski definition) is 4. The van der Waals surface area contributed by atoms with Crippen LogP contribution in [0.5, 0.6) is 11.5 Å². The highest BCUT2D eigenvalue weighted by Gasteiger charge is 1.97. The van der Waals surface area contributed by atoms with Crippen LogP contribution in [-0.2, 0) is 0 Å². The molecule has 2 aromatic carbocycles. The Kier molecular flexibility index (Phi) is 6.66. The molecule has 0 radical (unpaired) electrons. The Morgan fingerprint density at radius 3 is 2.27 bits per heavy atom. The summed E-state index contributed by atoms with van der Waals surface area (Å²) >= 11 is 1.80. The molecule has 0 aliphatic carbocycles. The van der Waals surface area contributed by atoms with Gasteiger partial charge in [0.05, 0.1) is 24.8 Å². The molecule has 0 spiro atoms. The molecule has 0 aliphatic heterocycles. The fraction of sp³-hybridized carbons (Fsp3) is 0.278. The first-order valence-corrected chi connectivity index (χ1v) is 8.33. The Balaban J connectivity index is 1.55. The molecule has 0 heterocycles. The van der Waals surface area contributed by atoms with Crippen LogP contribution in [0.3, 0.4) is 0 Å². The Bertz CT molecular complexity index is 620. The predicted molar refractivity (Wildman–Crippen MR) is 90.7 cm³/mol. The summed E-state index contributed by atoms with van der Waals surface area (Å²) in [6.07, 6.45) is 0. The van der Waals surface area contributed by atoms with Crippen LogP contribution >= 0.6 is 11.8 Å². The van der Waals surface area contributed by atoms with Gasteiger partial charge in [-0.1, -0.05) is 12.1 Å². The maximum absolute atomic E-state index is 8.72. The maximum Gasteiger partial charge on any atom is 0.119 e. The minimum atomic E-state index is 0.648. The van der Waals surface area contributed by atoms with Gasteiger partial charge in [0.25, 0.3) is 0 Å². The second-order valence-corrected chi connectivity index (χ2v) is 5.99. The van der Waals surface area contributed by atoms with E-state index in [0.29, 0.717) is 18.8 Å². The maximum atomic E-state index is 8.72. The number of hydrogen-bond donors (Lipinski definition) is 0. The quantitative estimate of drug-likeness (QED) is 0.689. The number of ether oxygens (including phenoxy) is 2. The zero-order chi connectivity index (χ0) is 15.6. The molecule has 0 saturated heterocycles. The monoisotopic (exact) mass is 313 g/mol. The van der Waals surface area contributed by atoms with Crippen molar-refractivity contribution in [3.05, 3.63) is 59.7 Å². The number of aryl methyl sites for hydroxylation is 1. The van der Waals surface area contributed by atoms with Crippen molar-refractivity contribution < 1.29 is 9.47 Å². The van der Waals surface area contributed by atoms with E-state index in [9.17, 15) is 0 Å². The fourth-order valence-corrected chi connectivity index (χ4v) is 2.48. The lowest BCUT2D eigenvalue weighted by Gasteiger charge is -2.08. The minimum Gasteiger partial charge on any atom is -0.493 e. The smallest absolute Gasteiger partial charge is 0.119 e. The van der Waals surface area contributed by atoms with E-state index < -0.39 is 0 Å². The van der Waals surface area contributed by atoms with Gasteiger partial charge in [0.2, 0.25) is 0 Å². The molecule has 0 fully saturated rings. The summed E-state index contributed by atoms with van der Waals surface area (Å²) in [6, 6.07) is 17.3. The van der Waals surface area contributed by atoms with Gasteiger partial charge in [-0.2, -0.15) is 17.0 Å². The summed E-state index contributed by atoms with van der Waals surface area (Å²) in [4.78, 5) is 0. The average molecular weight is 313 g/mol. The van der Waals surface area contributed by atoms with E-state index >= 15 is 0 Å². The Labute approximate surface area is 135 Å². The Hall–Kier alpha value is -2.12. The number of nitrogens with zero attached hydrogens (tertiary/aromatic N) is 1. The van der Waals surface area contributed by atoms with Crippen molar-refractivity contribution in [1.29, 1.82) is 5.26 Å². The summed E-state index contributed by atoms with van der Waals surface area (Å²) in [7, 11) is 0. The third kappa shape index (κ3) is 5.71. The van der Waals surface area contributed by atoms with E-state index in [1.165, 1.54) is 5.56 Å². The highest BCUT2D eigenvalue weighted by atomic mass is 32.2. The van der Waals surface area contributed by atoms with Crippen LogP contribution in [0.2, 0.25) is 0 Å². The summed E-state index contributed by atoms with van der Waals surface area (Å²) in [5, 5.41) is 8.72. The van der Waals surface area contributed by atoms with Gasteiger partial charge in [-0.15, -0.1) is 0 Å². The number of benzene rings is 2. The van der Waals surface area contributed by atoms with Crippen LogP contribution in [0.15, 0.2) is 48.5 Å². The van der Waals surface area contributed by atoms with Gasteiger partial charge < -0.3 is 9.47 Å². The molecule has 3 nitrogen and oxygen atoms in total. The van der Waals surface area contributed by atoms with Crippen LogP contribution in [0, 0.1) is 18.3 Å². The second-order valence-electron chi connectivity index (χ2n) is 4.76. The zero-order valence-corrected chi connectivity index (χ0v) is 13.4. The molecule has 4 heteroatoms. The average Bonchev–Trinajstić information content (AvgIpc) is 2.54. The van der Waals surface area contributed by atoms with Crippen LogP contribution in [0.25, 0.3) is 0 Å². The SMILES string of the molecule is Cc1cccc(OCCSCCOc2ccc(C#N)cc2)c1. The molecule has 0 N–H and O–H groups in total. The molecule has 0 amide bonds. The van der Waals surface area contributed by atoms with Crippen molar-refractivity contribution in [3.63, 3.8) is 0 Å². The number of thioether (sulfide) groups is 1. The van der Waals surface area contributed by atoms with Crippen molar-refractivity contribution in [2.75, 3.05) is 24.7 Å². The molecule has 0 aliphatic rings. The molecule has 0 bridgehead atoms. The number of nitriles is 1. The van der Waals surface area contributed by atoms with Crippen molar-refractivity contribution >= 4 is 11.8 Å². The third-order valence-electron chi connectivity index (χ3n) is 2.97. The molecule has 2 rings (SSSR count). The first-order valence-electron chi connectivity index (χ1n) is 7.18. The van der Waals surface area contributed by atoms with Crippen LogP contribution in [-0.4, -0.2) is 24.7 Å². The molecule has 0 unspecified atom stereocenters. The summed E-state index contributed by atoms with van der Waals surface area (Å²) < 4.78 is 11.3.